The van der Waals surface area contributed by atoms with Gasteiger partial charge in [0.1, 0.15) is 6.17 Å². The number of piperidine rings is 1. The van der Waals surface area contributed by atoms with Crippen molar-refractivity contribution < 1.29 is 4.39 Å². The zero-order valence-corrected chi connectivity index (χ0v) is 11.8. The van der Waals surface area contributed by atoms with Gasteiger partial charge in [0.25, 0.3) is 0 Å². The first kappa shape index (κ1) is 13.8. The zero-order valence-electron chi connectivity index (χ0n) is 11.0. The van der Waals surface area contributed by atoms with Crippen LogP contribution in [-0.2, 0) is 13.0 Å². The summed E-state index contributed by atoms with van der Waals surface area (Å²) in [5.74, 6) is 0. The third-order valence-corrected chi connectivity index (χ3v) is 4.12. The van der Waals surface area contributed by atoms with E-state index in [0.717, 1.165) is 43.7 Å². The van der Waals surface area contributed by atoms with Crippen LogP contribution in [0.2, 0.25) is 5.02 Å². The van der Waals surface area contributed by atoms with Gasteiger partial charge < -0.3 is 5.32 Å². The van der Waals surface area contributed by atoms with E-state index in [9.17, 15) is 4.39 Å². The van der Waals surface area contributed by atoms with Gasteiger partial charge in [-0.3, -0.25) is 4.68 Å². The standard InChI is InChI=1S/C13H21ClFN3/c1-3-18-12(13(14)9(2)17-18)8-10(15)11-6-4-5-7-16-11/h10-11,16H,3-8H2,1-2H3. The molecule has 1 aromatic rings. The minimum atomic E-state index is -0.885. The molecule has 18 heavy (non-hydrogen) atoms. The SMILES string of the molecule is CCn1nc(C)c(Cl)c1CC(F)C1CCCCN1. The fourth-order valence-electron chi connectivity index (χ4n) is 2.58. The van der Waals surface area contributed by atoms with E-state index in [-0.39, 0.29) is 6.04 Å². The molecule has 1 aliphatic heterocycles. The van der Waals surface area contributed by atoms with Gasteiger partial charge >= 0.3 is 0 Å². The van der Waals surface area contributed by atoms with E-state index in [2.05, 4.69) is 10.4 Å². The molecule has 2 unspecified atom stereocenters. The van der Waals surface area contributed by atoms with E-state index >= 15 is 0 Å². The summed E-state index contributed by atoms with van der Waals surface area (Å²) in [5.41, 5.74) is 1.62. The summed E-state index contributed by atoms with van der Waals surface area (Å²) in [6, 6.07) is -0.0321. The molecule has 2 rings (SSSR count). The lowest BCUT2D eigenvalue weighted by atomic mass is 9.98. The number of hydrogen-bond donors (Lipinski definition) is 1. The molecule has 3 nitrogen and oxygen atoms in total. The Kier molecular flexibility index (Phi) is 4.62. The van der Waals surface area contributed by atoms with Crippen LogP contribution in [0.1, 0.15) is 37.6 Å². The van der Waals surface area contributed by atoms with Crippen molar-refractivity contribution in [3.8, 4) is 0 Å². The van der Waals surface area contributed by atoms with Crippen LogP contribution >= 0.6 is 11.6 Å². The van der Waals surface area contributed by atoms with Gasteiger partial charge in [-0.1, -0.05) is 18.0 Å². The Labute approximate surface area is 113 Å². The Morgan fingerprint density at radius 3 is 2.94 bits per heavy atom. The maximum atomic E-state index is 14.3. The van der Waals surface area contributed by atoms with Gasteiger partial charge in [0, 0.05) is 19.0 Å². The van der Waals surface area contributed by atoms with E-state index in [4.69, 9.17) is 11.6 Å². The van der Waals surface area contributed by atoms with E-state index in [0.29, 0.717) is 11.4 Å². The van der Waals surface area contributed by atoms with Gasteiger partial charge in [0.05, 0.1) is 16.4 Å². The second-order valence-corrected chi connectivity index (χ2v) is 5.32. The second kappa shape index (κ2) is 6.02. The number of alkyl halides is 1. The van der Waals surface area contributed by atoms with Crippen LogP contribution in [0.25, 0.3) is 0 Å². The van der Waals surface area contributed by atoms with Gasteiger partial charge in [-0.25, -0.2) is 4.39 Å². The van der Waals surface area contributed by atoms with Crippen LogP contribution in [0.15, 0.2) is 0 Å². The molecule has 1 fully saturated rings. The van der Waals surface area contributed by atoms with Crippen LogP contribution in [0, 0.1) is 6.92 Å². The van der Waals surface area contributed by atoms with Gasteiger partial charge in [0.15, 0.2) is 0 Å². The highest BCUT2D eigenvalue weighted by Crippen LogP contribution is 2.24. The fraction of sp³-hybridized carbons (Fsp3) is 0.769. The van der Waals surface area contributed by atoms with Gasteiger partial charge in [0.2, 0.25) is 0 Å². The molecule has 1 aliphatic rings. The Morgan fingerprint density at radius 1 is 1.56 bits per heavy atom. The van der Waals surface area contributed by atoms with E-state index in [1.165, 1.54) is 0 Å². The molecule has 2 heterocycles. The molecule has 0 spiro atoms. The number of nitrogens with one attached hydrogen (secondary N) is 1. The summed E-state index contributed by atoms with van der Waals surface area (Å²) in [4.78, 5) is 0. The Balaban J connectivity index is 2.08. The first-order chi connectivity index (χ1) is 8.63. The van der Waals surface area contributed by atoms with Gasteiger partial charge in [-0.15, -0.1) is 0 Å². The molecule has 5 heteroatoms. The van der Waals surface area contributed by atoms with E-state index in [1.807, 2.05) is 18.5 Å². The number of rotatable bonds is 4. The fourth-order valence-corrected chi connectivity index (χ4v) is 2.79. The van der Waals surface area contributed by atoms with Crippen LogP contribution in [0.3, 0.4) is 0 Å². The Bertz CT molecular complexity index is 399. The summed E-state index contributed by atoms with van der Waals surface area (Å²) < 4.78 is 16.1. The number of halogens is 2. The maximum absolute atomic E-state index is 14.3. The first-order valence-corrected chi connectivity index (χ1v) is 7.10. The normalized spacial score (nSPS) is 22.1. The topological polar surface area (TPSA) is 29.9 Å². The van der Waals surface area contributed by atoms with Crippen LogP contribution in [0.5, 0.6) is 0 Å². The van der Waals surface area contributed by atoms with Crippen molar-refractivity contribution in [2.24, 2.45) is 0 Å². The van der Waals surface area contributed by atoms with Crippen LogP contribution in [0.4, 0.5) is 4.39 Å². The molecule has 0 radical (unpaired) electrons. The second-order valence-electron chi connectivity index (χ2n) is 4.94. The molecule has 2 atom stereocenters. The van der Waals surface area contributed by atoms with E-state index in [1.54, 1.807) is 0 Å². The van der Waals surface area contributed by atoms with Crippen LogP contribution < -0.4 is 5.32 Å². The highest BCUT2D eigenvalue weighted by Gasteiger charge is 2.26. The van der Waals surface area contributed by atoms with Crippen molar-refractivity contribution in [1.82, 2.24) is 15.1 Å². The molecule has 0 aromatic carbocycles. The molecule has 1 aromatic heterocycles. The smallest absolute Gasteiger partial charge is 0.121 e. The molecule has 0 aliphatic carbocycles. The summed E-state index contributed by atoms with van der Waals surface area (Å²) in [7, 11) is 0. The Morgan fingerprint density at radius 2 is 2.33 bits per heavy atom. The average molecular weight is 274 g/mol. The van der Waals surface area contributed by atoms with Crippen LogP contribution in [-0.4, -0.2) is 28.5 Å². The van der Waals surface area contributed by atoms with Gasteiger partial charge in [-0.05, 0) is 33.2 Å². The predicted octanol–water partition coefficient (Wildman–Crippen LogP) is 2.89. The molecule has 102 valence electrons. The van der Waals surface area contributed by atoms with Crippen molar-refractivity contribution in [3.05, 3.63) is 16.4 Å². The number of aromatic nitrogens is 2. The molecule has 1 N–H and O–H groups in total. The number of aryl methyl sites for hydroxylation is 2. The van der Waals surface area contributed by atoms with Crippen molar-refractivity contribution in [1.29, 1.82) is 0 Å². The van der Waals surface area contributed by atoms with Crippen molar-refractivity contribution in [3.63, 3.8) is 0 Å². The largest absolute Gasteiger partial charge is 0.311 e. The van der Waals surface area contributed by atoms with Crippen molar-refractivity contribution >= 4 is 11.6 Å². The molecule has 0 amide bonds. The lowest BCUT2D eigenvalue weighted by molar-refractivity contribution is 0.214. The average Bonchev–Trinajstić information content (AvgIpc) is 2.67. The summed E-state index contributed by atoms with van der Waals surface area (Å²) in [6.07, 6.45) is 2.64. The quantitative estimate of drug-likeness (QED) is 0.914. The molecule has 1 saturated heterocycles. The first-order valence-electron chi connectivity index (χ1n) is 6.72. The summed E-state index contributed by atoms with van der Waals surface area (Å²) >= 11 is 6.21. The highest BCUT2D eigenvalue weighted by atomic mass is 35.5. The minimum absolute atomic E-state index is 0.0321. The van der Waals surface area contributed by atoms with Crippen molar-refractivity contribution in [2.75, 3.05) is 6.54 Å². The van der Waals surface area contributed by atoms with E-state index < -0.39 is 6.17 Å². The molecular formula is C13H21ClFN3. The van der Waals surface area contributed by atoms with Crippen molar-refractivity contribution in [2.45, 2.75) is 58.3 Å². The summed E-state index contributed by atoms with van der Waals surface area (Å²) in [6.45, 7) is 5.51. The lowest BCUT2D eigenvalue weighted by Gasteiger charge is -2.26. The third kappa shape index (κ3) is 2.86. The third-order valence-electron chi connectivity index (χ3n) is 3.63. The predicted molar refractivity (Wildman–Crippen MR) is 71.9 cm³/mol. The Hall–Kier alpha value is -0.610. The number of nitrogens with zero attached hydrogens (tertiary/aromatic N) is 2. The monoisotopic (exact) mass is 273 g/mol. The maximum Gasteiger partial charge on any atom is 0.121 e. The number of hydrogen-bond acceptors (Lipinski definition) is 2. The highest BCUT2D eigenvalue weighted by molar-refractivity contribution is 6.31. The molecule has 0 bridgehead atoms. The minimum Gasteiger partial charge on any atom is -0.311 e. The lowest BCUT2D eigenvalue weighted by Crippen LogP contribution is -2.42. The summed E-state index contributed by atoms with van der Waals surface area (Å²) in [5, 5.41) is 8.20. The zero-order chi connectivity index (χ0) is 13.1. The van der Waals surface area contributed by atoms with Gasteiger partial charge in [-0.2, -0.15) is 5.10 Å². The molecular weight excluding hydrogens is 253 g/mol. The molecule has 0 saturated carbocycles.